The largest absolute Gasteiger partial charge is 0.376 e. The van der Waals surface area contributed by atoms with Gasteiger partial charge < -0.3 is 4.74 Å². The van der Waals surface area contributed by atoms with Crippen molar-refractivity contribution in [3.63, 3.8) is 0 Å². The zero-order chi connectivity index (χ0) is 10.9. The average Bonchev–Trinajstić information content (AvgIpc) is 2.48. The first kappa shape index (κ1) is 11.3. The fourth-order valence-electron chi connectivity index (χ4n) is 2.98. The second kappa shape index (κ2) is 4.01. The summed E-state index contributed by atoms with van der Waals surface area (Å²) in [4.78, 5) is 0. The third-order valence-electron chi connectivity index (χ3n) is 3.80. The van der Waals surface area contributed by atoms with Gasteiger partial charge in [-0.25, -0.2) is 0 Å². The first-order valence-electron chi connectivity index (χ1n) is 5.56. The Balaban J connectivity index is 2.10. The molecule has 0 radical (unpaired) electrons. The van der Waals surface area contributed by atoms with Crippen LogP contribution in [0.5, 0.6) is 0 Å². The summed E-state index contributed by atoms with van der Waals surface area (Å²) in [5, 5.41) is 0. The third kappa shape index (κ3) is 2.50. The molecule has 3 nitrogen and oxygen atoms in total. The molecule has 2 rings (SSSR count). The molecule has 0 aromatic heterocycles. The molecule has 0 amide bonds. The molecule has 2 aliphatic rings. The summed E-state index contributed by atoms with van der Waals surface area (Å²) in [6.07, 6.45) is 5.91. The van der Waals surface area contributed by atoms with E-state index < -0.39 is 22.1 Å². The maximum Gasteiger partial charge on any atom is 0.304 e. The quantitative estimate of drug-likeness (QED) is 0.689. The SMILES string of the molecule is O=S(=O)(F)CC1OCCC12CCCCC2. The highest BCUT2D eigenvalue weighted by Gasteiger charge is 2.46. The van der Waals surface area contributed by atoms with E-state index in [1.54, 1.807) is 0 Å². The van der Waals surface area contributed by atoms with E-state index in [9.17, 15) is 12.3 Å². The van der Waals surface area contributed by atoms with Gasteiger partial charge in [0.25, 0.3) is 0 Å². The molecular weight excluding hydrogens is 219 g/mol. The minimum absolute atomic E-state index is 0.0442. The van der Waals surface area contributed by atoms with Crippen LogP contribution in [0.25, 0.3) is 0 Å². The second-order valence-electron chi connectivity index (χ2n) is 4.74. The first-order chi connectivity index (χ1) is 7.02. The molecule has 1 saturated carbocycles. The zero-order valence-corrected chi connectivity index (χ0v) is 9.56. The molecule has 1 spiro atoms. The van der Waals surface area contributed by atoms with Gasteiger partial charge in [0.1, 0.15) is 5.75 Å². The van der Waals surface area contributed by atoms with Crippen molar-refractivity contribution < 1.29 is 17.0 Å². The van der Waals surface area contributed by atoms with E-state index in [2.05, 4.69) is 0 Å². The Morgan fingerprint density at radius 1 is 1.20 bits per heavy atom. The molecule has 1 unspecified atom stereocenters. The van der Waals surface area contributed by atoms with E-state index in [-0.39, 0.29) is 5.41 Å². The number of ether oxygens (including phenoxy) is 1. The Kier molecular flexibility index (Phi) is 3.03. The van der Waals surface area contributed by atoms with Crippen LogP contribution in [0.1, 0.15) is 38.5 Å². The van der Waals surface area contributed by atoms with Crippen molar-refractivity contribution >= 4 is 10.2 Å². The third-order valence-corrected chi connectivity index (χ3v) is 4.50. The molecule has 0 aromatic carbocycles. The molecule has 1 saturated heterocycles. The van der Waals surface area contributed by atoms with Gasteiger partial charge in [-0.3, -0.25) is 0 Å². The van der Waals surface area contributed by atoms with Crippen molar-refractivity contribution in [2.45, 2.75) is 44.6 Å². The number of rotatable bonds is 2. The van der Waals surface area contributed by atoms with Crippen LogP contribution in [0.3, 0.4) is 0 Å². The van der Waals surface area contributed by atoms with Crippen LogP contribution >= 0.6 is 0 Å². The summed E-state index contributed by atoms with van der Waals surface area (Å²) in [5.74, 6) is -0.451. The topological polar surface area (TPSA) is 43.4 Å². The van der Waals surface area contributed by atoms with Crippen molar-refractivity contribution in [1.82, 2.24) is 0 Å². The summed E-state index contributed by atoms with van der Waals surface area (Å²) in [5.41, 5.74) is -0.0442. The van der Waals surface area contributed by atoms with Gasteiger partial charge in [-0.15, -0.1) is 3.89 Å². The van der Waals surface area contributed by atoms with E-state index in [0.717, 1.165) is 32.1 Å². The van der Waals surface area contributed by atoms with Crippen LogP contribution in [0.15, 0.2) is 0 Å². The number of halogens is 1. The van der Waals surface area contributed by atoms with E-state index in [4.69, 9.17) is 4.74 Å². The van der Waals surface area contributed by atoms with Crippen molar-refractivity contribution in [3.8, 4) is 0 Å². The normalized spacial score (nSPS) is 30.9. The molecule has 2 fully saturated rings. The molecule has 1 aliphatic carbocycles. The van der Waals surface area contributed by atoms with Gasteiger partial charge in [-0.2, -0.15) is 8.42 Å². The molecule has 1 atom stereocenters. The first-order valence-corrected chi connectivity index (χ1v) is 7.11. The van der Waals surface area contributed by atoms with Gasteiger partial charge in [0, 0.05) is 6.61 Å². The monoisotopic (exact) mass is 236 g/mol. The van der Waals surface area contributed by atoms with Crippen LogP contribution in [-0.2, 0) is 15.0 Å². The van der Waals surface area contributed by atoms with Gasteiger partial charge in [0.15, 0.2) is 0 Å². The van der Waals surface area contributed by atoms with Gasteiger partial charge in [-0.05, 0) is 24.7 Å². The Bertz CT molecular complexity index is 320. The lowest BCUT2D eigenvalue weighted by molar-refractivity contribution is 0.0440. The number of hydrogen-bond donors (Lipinski definition) is 0. The molecule has 15 heavy (non-hydrogen) atoms. The Hall–Kier alpha value is -0.160. The molecule has 5 heteroatoms. The highest BCUT2D eigenvalue weighted by atomic mass is 32.3. The Morgan fingerprint density at radius 2 is 1.87 bits per heavy atom. The molecule has 88 valence electrons. The standard InChI is InChI=1S/C10H17FO3S/c11-15(12,13)8-9-10(6-7-14-9)4-2-1-3-5-10/h9H,1-8H2. The summed E-state index contributed by atoms with van der Waals surface area (Å²) >= 11 is 0. The van der Waals surface area contributed by atoms with Crippen LogP contribution in [0.4, 0.5) is 3.89 Å². The van der Waals surface area contributed by atoms with Crippen molar-refractivity contribution in [3.05, 3.63) is 0 Å². The average molecular weight is 236 g/mol. The molecule has 1 aliphatic heterocycles. The van der Waals surface area contributed by atoms with Gasteiger partial charge in [-0.1, -0.05) is 19.3 Å². The zero-order valence-electron chi connectivity index (χ0n) is 8.75. The predicted molar refractivity (Wildman–Crippen MR) is 54.8 cm³/mol. The highest BCUT2D eigenvalue weighted by molar-refractivity contribution is 7.86. The predicted octanol–water partition coefficient (Wildman–Crippen LogP) is 2.03. The smallest absolute Gasteiger partial charge is 0.304 e. The van der Waals surface area contributed by atoms with Gasteiger partial charge in [0.2, 0.25) is 0 Å². The van der Waals surface area contributed by atoms with E-state index in [0.29, 0.717) is 6.61 Å². The van der Waals surface area contributed by atoms with Crippen LogP contribution in [0.2, 0.25) is 0 Å². The molecule has 1 heterocycles. The lowest BCUT2D eigenvalue weighted by Gasteiger charge is -2.36. The highest BCUT2D eigenvalue weighted by Crippen LogP contribution is 2.47. The minimum atomic E-state index is -4.41. The van der Waals surface area contributed by atoms with Crippen LogP contribution in [0, 0.1) is 5.41 Å². The molecule has 0 bridgehead atoms. The molecule has 0 aromatic rings. The second-order valence-corrected chi connectivity index (χ2v) is 6.15. The summed E-state index contributed by atoms with van der Waals surface area (Å²) < 4.78 is 39.4. The Morgan fingerprint density at radius 3 is 2.47 bits per heavy atom. The minimum Gasteiger partial charge on any atom is -0.376 e. The van der Waals surface area contributed by atoms with E-state index in [1.165, 1.54) is 6.42 Å². The summed E-state index contributed by atoms with van der Waals surface area (Å²) in [6, 6.07) is 0. The maximum atomic E-state index is 12.7. The fourth-order valence-corrected chi connectivity index (χ4v) is 3.79. The van der Waals surface area contributed by atoms with Crippen molar-refractivity contribution in [1.29, 1.82) is 0 Å². The van der Waals surface area contributed by atoms with E-state index in [1.807, 2.05) is 0 Å². The lowest BCUT2D eigenvalue weighted by Crippen LogP contribution is -2.37. The van der Waals surface area contributed by atoms with Crippen LogP contribution < -0.4 is 0 Å². The molecular formula is C10H17FO3S. The lowest BCUT2D eigenvalue weighted by atomic mass is 9.70. The fraction of sp³-hybridized carbons (Fsp3) is 1.00. The maximum absolute atomic E-state index is 12.7. The Labute approximate surface area is 90.2 Å². The van der Waals surface area contributed by atoms with E-state index >= 15 is 0 Å². The van der Waals surface area contributed by atoms with Crippen LogP contribution in [-0.4, -0.2) is 26.9 Å². The summed E-state index contributed by atoms with van der Waals surface area (Å²) in [7, 11) is -4.41. The number of hydrogen-bond acceptors (Lipinski definition) is 3. The van der Waals surface area contributed by atoms with Crippen molar-refractivity contribution in [2.75, 3.05) is 12.4 Å². The van der Waals surface area contributed by atoms with Crippen molar-refractivity contribution in [2.24, 2.45) is 5.41 Å². The molecule has 0 N–H and O–H groups in total. The van der Waals surface area contributed by atoms with Gasteiger partial charge in [0.05, 0.1) is 6.10 Å². The summed E-state index contributed by atoms with van der Waals surface area (Å²) in [6.45, 7) is 0.584. The van der Waals surface area contributed by atoms with Gasteiger partial charge >= 0.3 is 10.2 Å².